The number of aliphatic imine (C=N–C) groups is 1. The van der Waals surface area contributed by atoms with Crippen LogP contribution in [-0.4, -0.2) is 55.9 Å². The number of aryl methyl sites for hydroxylation is 1. The normalized spacial score (nSPS) is 24.3. The van der Waals surface area contributed by atoms with Gasteiger partial charge in [-0.05, 0) is 56.6 Å². The summed E-state index contributed by atoms with van der Waals surface area (Å²) < 4.78 is 53.3. The Morgan fingerprint density at radius 2 is 1.81 bits per heavy atom. The summed E-state index contributed by atoms with van der Waals surface area (Å²) in [5, 5.41) is 10.9. The molecule has 1 N–H and O–H groups in total. The van der Waals surface area contributed by atoms with Crippen molar-refractivity contribution in [1.29, 1.82) is 0 Å². The molecule has 1 aliphatic rings. The van der Waals surface area contributed by atoms with Gasteiger partial charge in [0.2, 0.25) is 5.60 Å². The maximum absolute atomic E-state index is 14.1. The largest absolute Gasteiger partial charge is 0.496 e. The minimum absolute atomic E-state index is 0.0780. The van der Waals surface area contributed by atoms with Gasteiger partial charge in [-0.1, -0.05) is 13.8 Å². The predicted molar refractivity (Wildman–Crippen MR) is 116 cm³/mol. The van der Waals surface area contributed by atoms with Crippen LogP contribution in [0.15, 0.2) is 17.1 Å². The van der Waals surface area contributed by atoms with Gasteiger partial charge in [-0.25, -0.2) is 4.99 Å². The lowest BCUT2D eigenvalue weighted by molar-refractivity contribution is -0.287. The molecule has 5 nitrogen and oxygen atoms in total. The highest BCUT2D eigenvalue weighted by molar-refractivity contribution is 5.65. The van der Waals surface area contributed by atoms with E-state index in [0.29, 0.717) is 35.9 Å². The van der Waals surface area contributed by atoms with E-state index in [2.05, 4.69) is 18.8 Å². The Kier molecular flexibility index (Phi) is 8.39. The minimum Gasteiger partial charge on any atom is -0.496 e. The van der Waals surface area contributed by atoms with Gasteiger partial charge < -0.3 is 19.5 Å². The summed E-state index contributed by atoms with van der Waals surface area (Å²) in [6.45, 7) is 7.62. The van der Waals surface area contributed by atoms with Crippen molar-refractivity contribution in [3.63, 3.8) is 0 Å². The quantitative estimate of drug-likeness (QED) is 0.442. The van der Waals surface area contributed by atoms with E-state index in [1.54, 1.807) is 13.3 Å². The third-order valence-electron chi connectivity index (χ3n) is 5.99. The zero-order valence-corrected chi connectivity index (χ0v) is 19.3. The van der Waals surface area contributed by atoms with E-state index < -0.39 is 18.4 Å². The molecule has 0 aliphatic heterocycles. The second-order valence-electron chi connectivity index (χ2n) is 8.87. The van der Waals surface area contributed by atoms with Crippen molar-refractivity contribution in [2.75, 3.05) is 27.3 Å². The standard InChI is InChI=1S/C23H35F3N2O3/c1-7-28(5)14-27-20-12-21(30-6)19(11-17(20)4)22(29,23(24,25)26)13-31-18-9-15(2)8-16(3)10-18/h11-12,14-16,18,29H,7-10,13H2,1-6H3/b27-14+. The number of methoxy groups -OCH3 is 1. The van der Waals surface area contributed by atoms with Gasteiger partial charge in [-0.2, -0.15) is 13.2 Å². The van der Waals surface area contributed by atoms with Crippen molar-refractivity contribution in [1.82, 2.24) is 4.90 Å². The fourth-order valence-electron chi connectivity index (χ4n) is 4.11. The van der Waals surface area contributed by atoms with Crippen LogP contribution in [0.5, 0.6) is 5.75 Å². The monoisotopic (exact) mass is 444 g/mol. The predicted octanol–water partition coefficient (Wildman–Crippen LogP) is 5.21. The van der Waals surface area contributed by atoms with Crippen molar-refractivity contribution in [2.24, 2.45) is 16.8 Å². The molecule has 0 amide bonds. The van der Waals surface area contributed by atoms with E-state index in [9.17, 15) is 18.3 Å². The minimum atomic E-state index is -4.94. The SMILES string of the molecule is CCN(C)/C=N/c1cc(OC)c(C(O)(COC2CC(C)CC(C)C2)C(F)(F)F)cc1C. The highest BCUT2D eigenvalue weighted by Crippen LogP contribution is 2.45. The Hall–Kier alpha value is -1.80. The zero-order chi connectivity index (χ0) is 23.4. The summed E-state index contributed by atoms with van der Waals surface area (Å²) in [7, 11) is 3.12. The molecule has 0 saturated heterocycles. The van der Waals surface area contributed by atoms with Crippen LogP contribution in [0.4, 0.5) is 18.9 Å². The molecule has 176 valence electrons. The highest BCUT2D eigenvalue weighted by atomic mass is 19.4. The first-order chi connectivity index (χ1) is 14.4. The summed E-state index contributed by atoms with van der Waals surface area (Å²) in [6, 6.07) is 2.71. The Morgan fingerprint density at radius 3 is 2.32 bits per heavy atom. The lowest BCUT2D eigenvalue weighted by Crippen LogP contribution is -2.47. The molecule has 0 bridgehead atoms. The number of aliphatic hydroxyl groups is 1. The molecule has 31 heavy (non-hydrogen) atoms. The van der Waals surface area contributed by atoms with E-state index >= 15 is 0 Å². The van der Waals surface area contributed by atoms with Gasteiger partial charge in [0, 0.05) is 25.2 Å². The molecule has 1 aliphatic carbocycles. The molecular weight excluding hydrogens is 409 g/mol. The molecule has 1 saturated carbocycles. The first-order valence-corrected chi connectivity index (χ1v) is 10.8. The maximum atomic E-state index is 14.1. The molecule has 0 radical (unpaired) electrons. The molecule has 3 unspecified atom stereocenters. The number of benzene rings is 1. The first kappa shape index (κ1) is 25.5. The molecule has 8 heteroatoms. The fourth-order valence-corrected chi connectivity index (χ4v) is 4.11. The summed E-state index contributed by atoms with van der Waals surface area (Å²) in [5.74, 6) is 0.677. The van der Waals surface area contributed by atoms with Crippen molar-refractivity contribution >= 4 is 12.0 Å². The molecule has 0 spiro atoms. The highest BCUT2D eigenvalue weighted by Gasteiger charge is 2.57. The number of hydrogen-bond donors (Lipinski definition) is 1. The summed E-state index contributed by atoms with van der Waals surface area (Å²) >= 11 is 0. The lowest BCUT2D eigenvalue weighted by Gasteiger charge is -2.36. The third-order valence-corrected chi connectivity index (χ3v) is 5.99. The molecular formula is C23H35F3N2O3. The molecule has 0 aromatic heterocycles. The molecule has 1 fully saturated rings. The van der Waals surface area contributed by atoms with Crippen LogP contribution in [0.2, 0.25) is 0 Å². The number of nitrogens with zero attached hydrogens (tertiary/aromatic N) is 2. The van der Waals surface area contributed by atoms with E-state index in [0.717, 1.165) is 13.0 Å². The van der Waals surface area contributed by atoms with E-state index in [1.807, 2.05) is 18.9 Å². The van der Waals surface area contributed by atoms with Crippen molar-refractivity contribution in [3.05, 3.63) is 23.3 Å². The van der Waals surface area contributed by atoms with E-state index in [-0.39, 0.29) is 17.4 Å². The van der Waals surface area contributed by atoms with Crippen LogP contribution in [-0.2, 0) is 10.3 Å². The van der Waals surface area contributed by atoms with E-state index in [4.69, 9.17) is 9.47 Å². The molecule has 3 atom stereocenters. The van der Waals surface area contributed by atoms with Gasteiger partial charge in [0.1, 0.15) is 5.75 Å². The second kappa shape index (κ2) is 10.2. The van der Waals surface area contributed by atoms with Gasteiger partial charge in [0.25, 0.3) is 0 Å². The molecule has 1 aromatic rings. The fraction of sp³-hybridized carbons (Fsp3) is 0.696. The Morgan fingerprint density at radius 1 is 1.19 bits per heavy atom. The summed E-state index contributed by atoms with van der Waals surface area (Å²) in [5.41, 5.74) is -2.57. The van der Waals surface area contributed by atoms with Crippen LogP contribution in [0.25, 0.3) is 0 Å². The maximum Gasteiger partial charge on any atom is 0.423 e. The van der Waals surface area contributed by atoms with Crippen LogP contribution in [0.3, 0.4) is 0 Å². The second-order valence-corrected chi connectivity index (χ2v) is 8.87. The van der Waals surface area contributed by atoms with Crippen LogP contribution < -0.4 is 4.74 Å². The molecule has 2 rings (SSSR count). The average Bonchev–Trinajstić information content (AvgIpc) is 2.69. The summed E-state index contributed by atoms with van der Waals surface area (Å²) in [6.07, 6.45) is -1.24. The average molecular weight is 445 g/mol. The summed E-state index contributed by atoms with van der Waals surface area (Å²) in [4.78, 5) is 6.17. The molecule has 0 heterocycles. The van der Waals surface area contributed by atoms with Crippen LogP contribution in [0, 0.1) is 18.8 Å². The lowest BCUT2D eigenvalue weighted by atomic mass is 9.81. The van der Waals surface area contributed by atoms with Gasteiger partial charge in [0.05, 0.1) is 31.8 Å². The van der Waals surface area contributed by atoms with Crippen molar-refractivity contribution in [3.8, 4) is 5.75 Å². The van der Waals surface area contributed by atoms with Gasteiger partial charge in [-0.15, -0.1) is 0 Å². The Balaban J connectivity index is 2.38. The van der Waals surface area contributed by atoms with Gasteiger partial charge in [-0.3, -0.25) is 0 Å². The van der Waals surface area contributed by atoms with Gasteiger partial charge in [0.15, 0.2) is 0 Å². The Labute approximate surface area is 183 Å². The number of halogens is 3. The van der Waals surface area contributed by atoms with Gasteiger partial charge >= 0.3 is 6.18 Å². The van der Waals surface area contributed by atoms with Crippen molar-refractivity contribution < 1.29 is 27.8 Å². The first-order valence-electron chi connectivity index (χ1n) is 10.8. The van der Waals surface area contributed by atoms with Crippen LogP contribution in [0.1, 0.15) is 51.2 Å². The number of alkyl halides is 3. The van der Waals surface area contributed by atoms with Crippen LogP contribution >= 0.6 is 0 Å². The van der Waals surface area contributed by atoms with E-state index in [1.165, 1.54) is 19.2 Å². The third kappa shape index (κ3) is 6.13. The number of ether oxygens (including phenoxy) is 2. The zero-order valence-electron chi connectivity index (χ0n) is 19.3. The Bertz CT molecular complexity index is 759. The number of rotatable bonds is 8. The smallest absolute Gasteiger partial charge is 0.423 e. The van der Waals surface area contributed by atoms with Crippen molar-refractivity contribution in [2.45, 2.75) is 64.8 Å². The topological polar surface area (TPSA) is 54.3 Å². The number of hydrogen-bond acceptors (Lipinski definition) is 4. The molecule has 1 aromatic carbocycles.